The van der Waals surface area contributed by atoms with Crippen molar-refractivity contribution >= 4 is 40.6 Å². The minimum absolute atomic E-state index is 0.0329. The maximum atomic E-state index is 11.4. The van der Waals surface area contributed by atoms with Crippen molar-refractivity contribution in [3.05, 3.63) is 55.6 Å². The Morgan fingerprint density at radius 3 is 2.04 bits per heavy atom. The quantitative estimate of drug-likeness (QED) is 0.569. The average molecular weight is 384 g/mol. The van der Waals surface area contributed by atoms with E-state index < -0.39 is 4.92 Å². The molecule has 0 unspecified atom stereocenters. The highest BCUT2D eigenvalue weighted by molar-refractivity contribution is 6.37. The number of hydrogen-bond donors (Lipinski definition) is 2. The van der Waals surface area contributed by atoms with Gasteiger partial charge in [0, 0.05) is 24.9 Å². The predicted molar refractivity (Wildman–Crippen MR) is 97.2 cm³/mol. The number of nitrogens with zero attached hydrogens (tertiary/aromatic N) is 1. The number of hydrogen-bond acceptors (Lipinski definition) is 4. The molecule has 0 radical (unpaired) electrons. The molecule has 0 heterocycles. The Labute approximate surface area is 154 Å². The van der Waals surface area contributed by atoms with Crippen LogP contribution in [-0.4, -0.2) is 18.0 Å². The molecule has 0 spiro atoms. The van der Waals surface area contributed by atoms with Gasteiger partial charge in [0.05, 0.1) is 15.0 Å². The number of carbonyl (C=O) groups excluding carboxylic acids is 1. The van der Waals surface area contributed by atoms with E-state index in [1.807, 2.05) is 0 Å². The molecule has 0 saturated heterocycles. The summed E-state index contributed by atoms with van der Waals surface area (Å²) in [5, 5.41) is 16.0. The van der Waals surface area contributed by atoms with E-state index in [-0.39, 0.29) is 27.5 Å². The Kier molecular flexibility index (Phi) is 5.71. The fraction of sp³-hybridized carbons (Fsp3) is 0.188. The molecule has 2 N–H and O–H groups in total. The second kappa shape index (κ2) is 7.58. The lowest BCUT2D eigenvalue weighted by Crippen LogP contribution is -2.24. The third kappa shape index (κ3) is 4.32. The molecule has 25 heavy (non-hydrogen) atoms. The highest BCUT2D eigenvalue weighted by atomic mass is 35.5. The fourth-order valence-electron chi connectivity index (χ4n) is 2.23. The van der Waals surface area contributed by atoms with Crippen LogP contribution in [-0.2, 0) is 0 Å². The van der Waals surface area contributed by atoms with Gasteiger partial charge in [-0.2, -0.15) is 0 Å². The molecule has 0 bridgehead atoms. The molecule has 7 nitrogen and oxygen atoms in total. The minimum atomic E-state index is -0.586. The summed E-state index contributed by atoms with van der Waals surface area (Å²) in [4.78, 5) is 21.7. The van der Waals surface area contributed by atoms with E-state index in [0.717, 1.165) is 11.1 Å². The van der Waals surface area contributed by atoms with Gasteiger partial charge in [-0.1, -0.05) is 23.2 Å². The molecule has 0 aliphatic rings. The zero-order valence-electron chi connectivity index (χ0n) is 13.6. The number of nitrogens with one attached hydrogen (secondary N) is 2. The first-order valence-electron chi connectivity index (χ1n) is 7.14. The van der Waals surface area contributed by atoms with Gasteiger partial charge in [0.1, 0.15) is 5.75 Å². The zero-order valence-corrected chi connectivity index (χ0v) is 15.2. The van der Waals surface area contributed by atoms with E-state index in [0.29, 0.717) is 11.4 Å². The molecule has 0 aliphatic carbocycles. The molecule has 2 amide bonds. The number of nitro groups is 1. The molecule has 0 fully saturated rings. The van der Waals surface area contributed by atoms with Gasteiger partial charge >= 0.3 is 6.03 Å². The average Bonchev–Trinajstić information content (AvgIpc) is 2.52. The van der Waals surface area contributed by atoms with Crippen LogP contribution in [0, 0.1) is 24.0 Å². The molecule has 0 atom stereocenters. The number of non-ortho nitro benzene ring substituents is 1. The van der Waals surface area contributed by atoms with Crippen LogP contribution in [0.25, 0.3) is 0 Å². The van der Waals surface area contributed by atoms with Gasteiger partial charge in [-0.3, -0.25) is 10.1 Å². The molecule has 2 aromatic carbocycles. The first-order chi connectivity index (χ1) is 11.7. The number of anilines is 1. The van der Waals surface area contributed by atoms with Gasteiger partial charge < -0.3 is 15.4 Å². The van der Waals surface area contributed by atoms with Crippen LogP contribution < -0.4 is 15.4 Å². The van der Waals surface area contributed by atoms with Crippen LogP contribution in [0.15, 0.2) is 24.3 Å². The molecule has 0 aliphatic heterocycles. The molecule has 2 aromatic rings. The number of benzene rings is 2. The van der Waals surface area contributed by atoms with Gasteiger partial charge in [-0.15, -0.1) is 0 Å². The van der Waals surface area contributed by atoms with Crippen molar-refractivity contribution in [1.29, 1.82) is 0 Å². The topological polar surface area (TPSA) is 93.5 Å². The molecule has 132 valence electrons. The maximum absolute atomic E-state index is 11.4. The molecule has 0 saturated carbocycles. The lowest BCUT2D eigenvalue weighted by Gasteiger charge is -2.16. The van der Waals surface area contributed by atoms with Crippen molar-refractivity contribution in [3.63, 3.8) is 0 Å². The number of rotatable bonds is 4. The Morgan fingerprint density at radius 2 is 1.60 bits per heavy atom. The Bertz CT molecular complexity index is 809. The second-order valence-electron chi connectivity index (χ2n) is 5.24. The Balaban J connectivity index is 2.38. The number of amides is 2. The summed E-state index contributed by atoms with van der Waals surface area (Å²) >= 11 is 12.1. The lowest BCUT2D eigenvalue weighted by molar-refractivity contribution is -0.384. The standard InChI is InChI=1S/C16H15Cl2N3O4/c1-8-4-10(20-16(22)19-3)5-9(2)14(8)25-15-12(17)6-11(21(23)24)7-13(15)18/h4-7H,1-3H3,(H2,19,20,22). The number of carbonyl (C=O) groups is 1. The summed E-state index contributed by atoms with van der Waals surface area (Å²) < 4.78 is 5.81. The predicted octanol–water partition coefficient (Wildman–Crippen LogP) is 5.06. The van der Waals surface area contributed by atoms with Gasteiger partial charge in [0.15, 0.2) is 5.75 Å². The number of urea groups is 1. The van der Waals surface area contributed by atoms with E-state index in [4.69, 9.17) is 27.9 Å². The summed E-state index contributed by atoms with van der Waals surface area (Å²) in [6, 6.07) is 5.47. The summed E-state index contributed by atoms with van der Waals surface area (Å²) in [6.45, 7) is 3.59. The van der Waals surface area contributed by atoms with E-state index >= 15 is 0 Å². The molecular weight excluding hydrogens is 369 g/mol. The third-order valence-corrected chi connectivity index (χ3v) is 3.90. The smallest absolute Gasteiger partial charge is 0.318 e. The molecular formula is C16H15Cl2N3O4. The van der Waals surface area contributed by atoms with E-state index in [1.165, 1.54) is 19.2 Å². The molecule has 9 heteroatoms. The van der Waals surface area contributed by atoms with Crippen molar-refractivity contribution in [1.82, 2.24) is 5.32 Å². The molecule has 0 aromatic heterocycles. The van der Waals surface area contributed by atoms with Crippen molar-refractivity contribution < 1.29 is 14.5 Å². The van der Waals surface area contributed by atoms with Crippen molar-refractivity contribution in [3.8, 4) is 11.5 Å². The van der Waals surface area contributed by atoms with Crippen LogP contribution >= 0.6 is 23.2 Å². The van der Waals surface area contributed by atoms with Gasteiger partial charge in [-0.05, 0) is 37.1 Å². The van der Waals surface area contributed by atoms with Crippen molar-refractivity contribution in [2.45, 2.75) is 13.8 Å². The van der Waals surface area contributed by atoms with Crippen molar-refractivity contribution in [2.75, 3.05) is 12.4 Å². The van der Waals surface area contributed by atoms with Gasteiger partial charge in [0.25, 0.3) is 5.69 Å². The normalized spacial score (nSPS) is 10.3. The fourth-order valence-corrected chi connectivity index (χ4v) is 2.78. The summed E-state index contributed by atoms with van der Waals surface area (Å²) in [7, 11) is 1.52. The summed E-state index contributed by atoms with van der Waals surface area (Å²) in [5.41, 5.74) is 1.84. The van der Waals surface area contributed by atoms with E-state index in [2.05, 4.69) is 10.6 Å². The van der Waals surface area contributed by atoms with E-state index in [1.54, 1.807) is 26.0 Å². The summed E-state index contributed by atoms with van der Waals surface area (Å²) in [5.74, 6) is 0.632. The molecule has 2 rings (SSSR count). The Hall–Kier alpha value is -2.51. The van der Waals surface area contributed by atoms with Crippen LogP contribution in [0.3, 0.4) is 0 Å². The van der Waals surface area contributed by atoms with Crippen LogP contribution in [0.4, 0.5) is 16.2 Å². The lowest BCUT2D eigenvalue weighted by atomic mass is 10.1. The van der Waals surface area contributed by atoms with Crippen LogP contribution in [0.1, 0.15) is 11.1 Å². The first kappa shape index (κ1) is 18.8. The minimum Gasteiger partial charge on any atom is -0.454 e. The van der Waals surface area contributed by atoms with Gasteiger partial charge in [-0.25, -0.2) is 4.79 Å². The van der Waals surface area contributed by atoms with E-state index in [9.17, 15) is 14.9 Å². The number of nitro benzene ring substituents is 1. The first-order valence-corrected chi connectivity index (χ1v) is 7.89. The third-order valence-electron chi connectivity index (χ3n) is 3.34. The highest BCUT2D eigenvalue weighted by Crippen LogP contribution is 2.41. The van der Waals surface area contributed by atoms with Crippen molar-refractivity contribution in [2.24, 2.45) is 0 Å². The number of aryl methyl sites for hydroxylation is 2. The largest absolute Gasteiger partial charge is 0.454 e. The maximum Gasteiger partial charge on any atom is 0.318 e. The zero-order chi connectivity index (χ0) is 18.7. The van der Waals surface area contributed by atoms with Crippen LogP contribution in [0.5, 0.6) is 11.5 Å². The summed E-state index contributed by atoms with van der Waals surface area (Å²) in [6.07, 6.45) is 0. The Morgan fingerprint density at radius 1 is 1.08 bits per heavy atom. The SMILES string of the molecule is CNC(=O)Nc1cc(C)c(Oc2c(Cl)cc([N+](=O)[O-])cc2Cl)c(C)c1. The monoisotopic (exact) mass is 383 g/mol. The van der Waals surface area contributed by atoms with Crippen LogP contribution in [0.2, 0.25) is 10.0 Å². The number of ether oxygens (including phenoxy) is 1. The highest BCUT2D eigenvalue weighted by Gasteiger charge is 2.18. The van der Waals surface area contributed by atoms with Gasteiger partial charge in [0.2, 0.25) is 0 Å². The second-order valence-corrected chi connectivity index (χ2v) is 6.06. The number of halogens is 2.